The fourth-order valence-electron chi connectivity index (χ4n) is 2.89. The van der Waals surface area contributed by atoms with Gasteiger partial charge in [0.15, 0.2) is 0 Å². The maximum atomic E-state index is 13.4. The van der Waals surface area contributed by atoms with E-state index in [1.165, 1.54) is 6.07 Å². The number of hydrogen-bond acceptors (Lipinski definition) is 1. The van der Waals surface area contributed by atoms with E-state index in [0.29, 0.717) is 6.54 Å². The van der Waals surface area contributed by atoms with Crippen molar-refractivity contribution in [2.24, 2.45) is 11.3 Å². The Morgan fingerprint density at radius 3 is 2.50 bits per heavy atom. The Morgan fingerprint density at radius 2 is 1.95 bits per heavy atom. The van der Waals surface area contributed by atoms with Crippen molar-refractivity contribution < 1.29 is 9.18 Å². The third-order valence-electron chi connectivity index (χ3n) is 4.08. The lowest BCUT2D eigenvalue weighted by Crippen LogP contribution is -2.51. The molecule has 1 atom stereocenters. The molecular formula is C17H24FNO. The summed E-state index contributed by atoms with van der Waals surface area (Å²) in [6, 6.07) is 5.02. The lowest BCUT2D eigenvalue weighted by molar-refractivity contribution is -0.140. The van der Waals surface area contributed by atoms with Crippen LogP contribution in [0.1, 0.15) is 45.7 Å². The van der Waals surface area contributed by atoms with E-state index in [1.54, 1.807) is 6.07 Å². The molecule has 1 amide bonds. The first-order valence-electron chi connectivity index (χ1n) is 7.28. The molecule has 0 aliphatic carbocycles. The molecule has 0 saturated carbocycles. The number of carbonyl (C=O) groups excluding carboxylic acids is 1. The molecule has 0 aromatic heterocycles. The van der Waals surface area contributed by atoms with Gasteiger partial charge in [0.05, 0.1) is 0 Å². The minimum absolute atomic E-state index is 0.0122. The summed E-state index contributed by atoms with van der Waals surface area (Å²) in [5.74, 6) is -0.0261. The quantitative estimate of drug-likeness (QED) is 0.765. The highest BCUT2D eigenvalue weighted by molar-refractivity contribution is 5.79. The van der Waals surface area contributed by atoms with E-state index >= 15 is 0 Å². The number of hydrogen-bond donors (Lipinski definition) is 0. The molecule has 1 heterocycles. The van der Waals surface area contributed by atoms with Gasteiger partial charge in [-0.15, -0.1) is 0 Å². The molecular weight excluding hydrogens is 253 g/mol. The average molecular weight is 277 g/mol. The van der Waals surface area contributed by atoms with Crippen molar-refractivity contribution in [2.45, 2.75) is 53.6 Å². The van der Waals surface area contributed by atoms with E-state index in [9.17, 15) is 9.18 Å². The average Bonchev–Trinajstić information content (AvgIpc) is 2.35. The molecule has 0 fully saturated rings. The molecule has 2 rings (SSSR count). The monoisotopic (exact) mass is 277 g/mol. The molecule has 1 aromatic carbocycles. The molecule has 0 radical (unpaired) electrons. The normalized spacial score (nSPS) is 19.1. The van der Waals surface area contributed by atoms with E-state index in [2.05, 4.69) is 20.8 Å². The topological polar surface area (TPSA) is 20.3 Å². The van der Waals surface area contributed by atoms with Crippen LogP contribution in [0.3, 0.4) is 0 Å². The second-order valence-electron chi connectivity index (χ2n) is 7.12. The van der Waals surface area contributed by atoms with Crippen LogP contribution in [-0.4, -0.2) is 16.8 Å². The molecule has 0 bridgehead atoms. The fraction of sp³-hybridized carbons (Fsp3) is 0.588. The van der Waals surface area contributed by atoms with E-state index < -0.39 is 0 Å². The van der Waals surface area contributed by atoms with E-state index in [-0.39, 0.29) is 29.1 Å². The number of benzene rings is 1. The molecule has 110 valence electrons. The van der Waals surface area contributed by atoms with Crippen molar-refractivity contribution in [3.8, 4) is 0 Å². The highest BCUT2D eigenvalue weighted by atomic mass is 19.1. The van der Waals surface area contributed by atoms with Crippen LogP contribution in [0.15, 0.2) is 18.2 Å². The zero-order valence-electron chi connectivity index (χ0n) is 13.0. The molecule has 0 saturated heterocycles. The summed E-state index contributed by atoms with van der Waals surface area (Å²) in [7, 11) is 0. The maximum Gasteiger partial charge on any atom is 0.225 e. The zero-order valence-corrected chi connectivity index (χ0v) is 13.0. The van der Waals surface area contributed by atoms with Gasteiger partial charge in [0.2, 0.25) is 5.91 Å². The third kappa shape index (κ3) is 2.87. The molecule has 20 heavy (non-hydrogen) atoms. The van der Waals surface area contributed by atoms with Crippen LogP contribution in [0.4, 0.5) is 4.39 Å². The van der Waals surface area contributed by atoms with Gasteiger partial charge in [-0.05, 0) is 35.1 Å². The summed E-state index contributed by atoms with van der Waals surface area (Å²) in [5.41, 5.74) is 2.09. The first-order chi connectivity index (χ1) is 9.20. The summed E-state index contributed by atoms with van der Waals surface area (Å²) in [4.78, 5) is 14.5. The van der Waals surface area contributed by atoms with Crippen LogP contribution < -0.4 is 0 Å². The number of amides is 1. The number of nitrogens with zero attached hydrogens (tertiary/aromatic N) is 1. The van der Waals surface area contributed by atoms with Crippen molar-refractivity contribution in [2.75, 3.05) is 0 Å². The highest BCUT2D eigenvalue weighted by Gasteiger charge is 2.37. The first kappa shape index (κ1) is 15.0. The van der Waals surface area contributed by atoms with Gasteiger partial charge in [0, 0.05) is 18.5 Å². The predicted octanol–water partition coefficient (Wildman–Crippen LogP) is 3.78. The second kappa shape index (κ2) is 5.19. The highest BCUT2D eigenvalue weighted by Crippen LogP contribution is 2.34. The Hall–Kier alpha value is -1.38. The minimum atomic E-state index is -0.194. The number of halogens is 1. The number of fused-ring (bicyclic) bond motifs is 1. The fourth-order valence-corrected chi connectivity index (χ4v) is 2.89. The van der Waals surface area contributed by atoms with Crippen molar-refractivity contribution in [1.29, 1.82) is 0 Å². The van der Waals surface area contributed by atoms with Crippen LogP contribution in [-0.2, 0) is 17.8 Å². The SMILES string of the molecule is CC(C)C(=O)N1Cc2ccc(F)cc2CC1C(C)(C)C. The Kier molecular flexibility index (Phi) is 3.90. The molecule has 1 aliphatic heterocycles. The van der Waals surface area contributed by atoms with Crippen LogP contribution in [0.25, 0.3) is 0 Å². The van der Waals surface area contributed by atoms with Crippen LogP contribution >= 0.6 is 0 Å². The Morgan fingerprint density at radius 1 is 1.30 bits per heavy atom. The second-order valence-corrected chi connectivity index (χ2v) is 7.12. The van der Waals surface area contributed by atoms with Crippen molar-refractivity contribution in [3.63, 3.8) is 0 Å². The Labute approximate surface area is 121 Å². The van der Waals surface area contributed by atoms with Gasteiger partial charge in [-0.3, -0.25) is 4.79 Å². The summed E-state index contributed by atoms with van der Waals surface area (Å²) in [6.45, 7) is 10.9. The van der Waals surface area contributed by atoms with Crippen molar-refractivity contribution in [3.05, 3.63) is 35.1 Å². The van der Waals surface area contributed by atoms with Crippen molar-refractivity contribution in [1.82, 2.24) is 4.90 Å². The molecule has 0 N–H and O–H groups in total. The predicted molar refractivity (Wildman–Crippen MR) is 78.7 cm³/mol. The lowest BCUT2D eigenvalue weighted by atomic mass is 9.78. The van der Waals surface area contributed by atoms with E-state index in [0.717, 1.165) is 17.5 Å². The zero-order chi connectivity index (χ0) is 15.1. The largest absolute Gasteiger partial charge is 0.334 e. The number of carbonyl (C=O) groups is 1. The first-order valence-corrected chi connectivity index (χ1v) is 7.28. The molecule has 1 unspecified atom stereocenters. The molecule has 3 heteroatoms. The summed E-state index contributed by atoms with van der Waals surface area (Å²) >= 11 is 0. The Balaban J connectivity index is 2.41. The van der Waals surface area contributed by atoms with Crippen LogP contribution in [0, 0.1) is 17.2 Å². The number of rotatable bonds is 1. The molecule has 2 nitrogen and oxygen atoms in total. The van der Waals surface area contributed by atoms with Gasteiger partial charge in [-0.25, -0.2) is 4.39 Å². The minimum Gasteiger partial charge on any atom is -0.334 e. The van der Waals surface area contributed by atoms with Gasteiger partial charge in [-0.2, -0.15) is 0 Å². The lowest BCUT2D eigenvalue weighted by Gasteiger charge is -2.44. The molecule has 1 aliphatic rings. The van der Waals surface area contributed by atoms with E-state index in [1.807, 2.05) is 24.8 Å². The van der Waals surface area contributed by atoms with Gasteiger partial charge in [-0.1, -0.05) is 40.7 Å². The van der Waals surface area contributed by atoms with Gasteiger partial charge in [0.1, 0.15) is 5.82 Å². The van der Waals surface area contributed by atoms with Crippen LogP contribution in [0.2, 0.25) is 0 Å². The molecule has 1 aromatic rings. The molecule has 0 spiro atoms. The maximum absolute atomic E-state index is 13.4. The van der Waals surface area contributed by atoms with Crippen LogP contribution in [0.5, 0.6) is 0 Å². The summed E-state index contributed by atoms with van der Waals surface area (Å²) < 4.78 is 13.4. The smallest absolute Gasteiger partial charge is 0.225 e. The van der Waals surface area contributed by atoms with Gasteiger partial charge >= 0.3 is 0 Å². The van der Waals surface area contributed by atoms with Crippen molar-refractivity contribution >= 4 is 5.91 Å². The van der Waals surface area contributed by atoms with E-state index in [4.69, 9.17) is 0 Å². The summed E-state index contributed by atoms with van der Waals surface area (Å²) in [5, 5.41) is 0. The van der Waals surface area contributed by atoms with Gasteiger partial charge < -0.3 is 4.90 Å². The standard InChI is InChI=1S/C17H24FNO/c1-11(2)16(20)19-10-12-6-7-14(18)8-13(12)9-15(19)17(3,4)5/h6-8,11,15H,9-10H2,1-5H3. The summed E-state index contributed by atoms with van der Waals surface area (Å²) in [6.07, 6.45) is 0.731. The van der Waals surface area contributed by atoms with Gasteiger partial charge in [0.25, 0.3) is 0 Å². The third-order valence-corrected chi connectivity index (χ3v) is 4.08. The Bertz CT molecular complexity index is 516.